The highest BCUT2D eigenvalue weighted by molar-refractivity contribution is 7.91. The molecule has 1 saturated heterocycles. The highest BCUT2D eigenvalue weighted by Gasteiger charge is 2.34. The molecule has 8 heteroatoms. The van der Waals surface area contributed by atoms with Crippen LogP contribution in [-0.4, -0.2) is 49.9 Å². The quantitative estimate of drug-likeness (QED) is 0.867. The summed E-state index contributed by atoms with van der Waals surface area (Å²) in [7, 11) is -1.50. The lowest BCUT2D eigenvalue weighted by Crippen LogP contribution is -2.48. The lowest BCUT2D eigenvalue weighted by Gasteiger charge is -2.28. The molecule has 0 spiro atoms. The summed E-state index contributed by atoms with van der Waals surface area (Å²) in [6, 6.07) is 1.86. The van der Waals surface area contributed by atoms with Gasteiger partial charge in [-0.15, -0.1) is 0 Å². The van der Waals surface area contributed by atoms with Gasteiger partial charge in [-0.05, 0) is 26.3 Å². The van der Waals surface area contributed by atoms with Crippen LogP contribution in [0.4, 0.5) is 8.78 Å². The van der Waals surface area contributed by atoms with Crippen molar-refractivity contribution in [3.05, 3.63) is 35.4 Å². The summed E-state index contributed by atoms with van der Waals surface area (Å²) in [5, 5.41) is 2.98. The van der Waals surface area contributed by atoms with Gasteiger partial charge in [-0.3, -0.25) is 10.1 Å². The van der Waals surface area contributed by atoms with E-state index in [9.17, 15) is 22.0 Å². The third-order valence-electron chi connectivity index (χ3n) is 4.40. The van der Waals surface area contributed by atoms with Gasteiger partial charge in [0.05, 0.1) is 17.5 Å². The lowest BCUT2D eigenvalue weighted by atomic mass is 10.1. The summed E-state index contributed by atoms with van der Waals surface area (Å²) in [6.07, 6.45) is 0.430. The van der Waals surface area contributed by atoms with E-state index in [4.69, 9.17) is 0 Å². The zero-order chi connectivity index (χ0) is 18.1. The summed E-state index contributed by atoms with van der Waals surface area (Å²) >= 11 is 0. The maximum Gasteiger partial charge on any atom is 0.239 e. The van der Waals surface area contributed by atoms with Crippen LogP contribution >= 0.6 is 0 Å². The van der Waals surface area contributed by atoms with Gasteiger partial charge in [-0.2, -0.15) is 0 Å². The Morgan fingerprint density at radius 3 is 2.54 bits per heavy atom. The second kappa shape index (κ2) is 7.14. The summed E-state index contributed by atoms with van der Waals surface area (Å²) in [6.45, 7) is 3.32. The van der Waals surface area contributed by atoms with Gasteiger partial charge in [0.1, 0.15) is 11.6 Å². The van der Waals surface area contributed by atoms with Gasteiger partial charge in [-0.25, -0.2) is 17.2 Å². The molecular weight excluding hydrogens is 338 g/mol. The van der Waals surface area contributed by atoms with E-state index in [1.54, 1.807) is 20.9 Å². The minimum absolute atomic E-state index is 0.0237. The molecule has 1 heterocycles. The first-order valence-electron chi connectivity index (χ1n) is 7.79. The van der Waals surface area contributed by atoms with E-state index in [-0.39, 0.29) is 29.0 Å². The molecule has 24 heavy (non-hydrogen) atoms. The van der Waals surface area contributed by atoms with Gasteiger partial charge < -0.3 is 4.90 Å². The van der Waals surface area contributed by atoms with Gasteiger partial charge in [0.15, 0.2) is 9.84 Å². The Balaban J connectivity index is 2.00. The van der Waals surface area contributed by atoms with E-state index in [2.05, 4.69) is 5.32 Å². The summed E-state index contributed by atoms with van der Waals surface area (Å²) < 4.78 is 49.9. The smallest absolute Gasteiger partial charge is 0.239 e. The van der Waals surface area contributed by atoms with Crippen molar-refractivity contribution in [3.63, 3.8) is 0 Å². The maximum atomic E-state index is 13.8. The average molecular weight is 360 g/mol. The molecule has 1 aromatic carbocycles. The van der Waals surface area contributed by atoms with Crippen LogP contribution in [0, 0.1) is 11.6 Å². The second-order valence-electron chi connectivity index (χ2n) is 6.28. The van der Waals surface area contributed by atoms with Gasteiger partial charge in [0.2, 0.25) is 5.91 Å². The molecule has 0 aliphatic carbocycles. The molecule has 1 fully saturated rings. The van der Waals surface area contributed by atoms with E-state index in [0.29, 0.717) is 6.42 Å². The van der Waals surface area contributed by atoms with E-state index < -0.39 is 33.6 Å². The topological polar surface area (TPSA) is 66.5 Å². The maximum absolute atomic E-state index is 13.8. The number of halogens is 2. The summed E-state index contributed by atoms with van der Waals surface area (Å²) in [5.74, 6) is -1.52. The van der Waals surface area contributed by atoms with Crippen LogP contribution < -0.4 is 5.32 Å². The zero-order valence-corrected chi connectivity index (χ0v) is 14.7. The number of nitrogens with zero attached hydrogens (tertiary/aromatic N) is 1. The first kappa shape index (κ1) is 18.8. The molecule has 0 radical (unpaired) electrons. The Kier molecular flexibility index (Phi) is 5.59. The highest BCUT2D eigenvalue weighted by atomic mass is 32.2. The van der Waals surface area contributed by atoms with E-state index in [0.717, 1.165) is 6.07 Å². The fourth-order valence-electron chi connectivity index (χ4n) is 2.95. The van der Waals surface area contributed by atoms with Crippen LogP contribution in [0.5, 0.6) is 0 Å². The van der Waals surface area contributed by atoms with E-state index in [1.807, 2.05) is 0 Å². The van der Waals surface area contributed by atoms with Gasteiger partial charge in [-0.1, -0.05) is 6.07 Å². The predicted molar refractivity (Wildman–Crippen MR) is 87.2 cm³/mol. The van der Waals surface area contributed by atoms with Gasteiger partial charge >= 0.3 is 0 Å². The van der Waals surface area contributed by atoms with Crippen molar-refractivity contribution < 1.29 is 22.0 Å². The molecule has 1 aliphatic heterocycles. The molecule has 0 unspecified atom stereocenters. The summed E-state index contributed by atoms with van der Waals surface area (Å²) in [4.78, 5) is 13.9. The zero-order valence-electron chi connectivity index (χ0n) is 13.9. The van der Waals surface area contributed by atoms with Crippen LogP contribution in [-0.2, 0) is 14.6 Å². The number of amides is 1. The molecule has 0 aromatic heterocycles. The molecule has 0 saturated carbocycles. The highest BCUT2D eigenvalue weighted by Crippen LogP contribution is 2.20. The minimum Gasteiger partial charge on any atom is -0.340 e. The van der Waals surface area contributed by atoms with Crippen LogP contribution in [0.25, 0.3) is 0 Å². The molecule has 5 nitrogen and oxygen atoms in total. The Morgan fingerprint density at radius 1 is 1.33 bits per heavy atom. The average Bonchev–Trinajstić information content (AvgIpc) is 2.85. The molecule has 1 aliphatic rings. The minimum atomic E-state index is -3.07. The number of hydrogen-bond donors (Lipinski definition) is 1. The first-order valence-corrected chi connectivity index (χ1v) is 9.61. The second-order valence-corrected chi connectivity index (χ2v) is 8.51. The Bertz CT molecular complexity index is 724. The molecule has 1 amide bonds. The number of hydrogen-bond acceptors (Lipinski definition) is 4. The van der Waals surface area contributed by atoms with Crippen molar-refractivity contribution in [1.82, 2.24) is 10.2 Å². The lowest BCUT2D eigenvalue weighted by molar-refractivity contribution is -0.133. The number of rotatable bonds is 5. The van der Waals surface area contributed by atoms with Gasteiger partial charge in [0.25, 0.3) is 0 Å². The number of carbonyl (C=O) groups excluding carboxylic acids is 1. The van der Waals surface area contributed by atoms with Crippen molar-refractivity contribution in [2.45, 2.75) is 38.4 Å². The summed E-state index contributed by atoms with van der Waals surface area (Å²) in [5.41, 5.74) is 0.266. The predicted octanol–water partition coefficient (Wildman–Crippen LogP) is 1.65. The van der Waals surface area contributed by atoms with Crippen LogP contribution in [0.15, 0.2) is 18.2 Å². The van der Waals surface area contributed by atoms with Crippen molar-refractivity contribution in [3.8, 4) is 0 Å². The van der Waals surface area contributed by atoms with Crippen molar-refractivity contribution in [2.75, 3.05) is 18.6 Å². The standard InChI is InChI=1S/C16H22F2N2O3S/c1-10(14-5-4-12(17)8-15(14)18)19-11(2)16(21)20(3)13-6-7-24(22,23)9-13/h4-5,8,10-11,13,19H,6-7,9H2,1-3H3/t10-,11-,13+/m0/s1. The SMILES string of the molecule is C[C@H](N[C@@H](C)c1ccc(F)cc1F)C(=O)N(C)[C@@H]1CCS(=O)(=O)C1. The Morgan fingerprint density at radius 2 is 2.00 bits per heavy atom. The van der Waals surface area contributed by atoms with Crippen molar-refractivity contribution in [1.29, 1.82) is 0 Å². The molecule has 134 valence electrons. The Hall–Kier alpha value is -1.54. The van der Waals surface area contributed by atoms with E-state index >= 15 is 0 Å². The van der Waals surface area contributed by atoms with Crippen LogP contribution in [0.1, 0.15) is 31.9 Å². The largest absolute Gasteiger partial charge is 0.340 e. The molecule has 3 atom stereocenters. The molecule has 1 aromatic rings. The molecule has 1 N–H and O–H groups in total. The normalized spacial score (nSPS) is 22.1. The van der Waals surface area contributed by atoms with Gasteiger partial charge in [0, 0.05) is 30.8 Å². The van der Waals surface area contributed by atoms with Crippen molar-refractivity contribution in [2.24, 2.45) is 0 Å². The molecule has 0 bridgehead atoms. The fourth-order valence-corrected chi connectivity index (χ4v) is 4.73. The number of benzene rings is 1. The first-order chi connectivity index (χ1) is 11.1. The van der Waals surface area contributed by atoms with E-state index in [1.165, 1.54) is 17.0 Å². The monoisotopic (exact) mass is 360 g/mol. The third-order valence-corrected chi connectivity index (χ3v) is 6.15. The fraction of sp³-hybridized carbons (Fsp3) is 0.562. The number of nitrogens with one attached hydrogen (secondary N) is 1. The van der Waals surface area contributed by atoms with Crippen LogP contribution in [0.3, 0.4) is 0 Å². The number of likely N-dealkylation sites (N-methyl/N-ethyl adjacent to an activating group) is 1. The molecule has 2 rings (SSSR count). The van der Waals surface area contributed by atoms with Crippen LogP contribution in [0.2, 0.25) is 0 Å². The Labute approximate surface area is 141 Å². The third kappa shape index (κ3) is 4.30. The molecular formula is C16H22F2N2O3S. The van der Waals surface area contributed by atoms with Crippen molar-refractivity contribution >= 4 is 15.7 Å². The number of carbonyl (C=O) groups is 1. The number of sulfone groups is 1.